The van der Waals surface area contributed by atoms with Crippen LogP contribution < -0.4 is 5.32 Å². The van der Waals surface area contributed by atoms with Gasteiger partial charge in [0, 0.05) is 25.3 Å². The predicted molar refractivity (Wildman–Crippen MR) is 74.4 cm³/mol. The lowest BCUT2D eigenvalue weighted by Gasteiger charge is -2.22. The van der Waals surface area contributed by atoms with Crippen molar-refractivity contribution in [2.24, 2.45) is 5.41 Å². The molecule has 2 N–H and O–H groups in total. The normalized spacial score (nSPS) is 14.2. The van der Waals surface area contributed by atoms with E-state index in [0.29, 0.717) is 12.6 Å². The van der Waals surface area contributed by atoms with Crippen LogP contribution in [0.4, 0.5) is 0 Å². The summed E-state index contributed by atoms with van der Waals surface area (Å²) in [5.41, 5.74) is 1.33. The molecule has 0 spiro atoms. The number of hydrogen-bond donors (Lipinski definition) is 2. The first-order valence-corrected chi connectivity index (χ1v) is 6.69. The molecule has 4 heteroatoms. The van der Waals surface area contributed by atoms with Crippen molar-refractivity contribution in [1.29, 1.82) is 0 Å². The number of hydrogen-bond acceptors (Lipinski definition) is 3. The van der Waals surface area contributed by atoms with Crippen LogP contribution in [0, 0.1) is 5.41 Å². The lowest BCUT2D eigenvalue weighted by molar-refractivity contribution is 0.119. The van der Waals surface area contributed by atoms with Crippen molar-refractivity contribution in [3.05, 3.63) is 18.2 Å². The van der Waals surface area contributed by atoms with Crippen molar-refractivity contribution in [1.82, 2.24) is 14.9 Å². The number of aromatic nitrogens is 2. The molecule has 0 fully saturated rings. The van der Waals surface area contributed by atoms with Crippen molar-refractivity contribution >= 4 is 0 Å². The zero-order valence-corrected chi connectivity index (χ0v) is 12.3. The average molecular weight is 253 g/mol. The second-order valence-electron chi connectivity index (χ2n) is 6.44. The second kappa shape index (κ2) is 6.34. The average Bonchev–Trinajstić information content (AvgIpc) is 2.62. The molecule has 0 aromatic carbocycles. The van der Waals surface area contributed by atoms with Crippen molar-refractivity contribution in [3.8, 4) is 0 Å². The molecule has 1 aromatic heterocycles. The molecule has 0 aliphatic rings. The Kier molecular flexibility index (Phi) is 5.35. The summed E-state index contributed by atoms with van der Waals surface area (Å²) >= 11 is 0. The van der Waals surface area contributed by atoms with E-state index in [0.717, 1.165) is 18.7 Å². The third kappa shape index (κ3) is 5.19. The first-order valence-electron chi connectivity index (χ1n) is 6.69. The van der Waals surface area contributed by atoms with Gasteiger partial charge in [-0.15, -0.1) is 0 Å². The van der Waals surface area contributed by atoms with Crippen LogP contribution in [0.25, 0.3) is 0 Å². The van der Waals surface area contributed by atoms with Gasteiger partial charge in [-0.2, -0.15) is 0 Å². The van der Waals surface area contributed by atoms with Crippen LogP contribution in [0.3, 0.4) is 0 Å². The van der Waals surface area contributed by atoms with E-state index >= 15 is 0 Å². The maximum absolute atomic E-state index is 9.91. The number of rotatable bonds is 6. The summed E-state index contributed by atoms with van der Waals surface area (Å²) in [4.78, 5) is 4.16. The van der Waals surface area contributed by atoms with Gasteiger partial charge < -0.3 is 15.0 Å². The highest BCUT2D eigenvalue weighted by molar-refractivity contribution is 4.99. The van der Waals surface area contributed by atoms with Gasteiger partial charge in [0.2, 0.25) is 0 Å². The predicted octanol–water partition coefficient (Wildman–Crippen LogP) is 2.35. The summed E-state index contributed by atoms with van der Waals surface area (Å²) in [6.45, 7) is 12.1. The Morgan fingerprint density at radius 3 is 2.61 bits per heavy atom. The Morgan fingerprint density at radius 2 is 2.06 bits per heavy atom. The third-order valence-electron chi connectivity index (χ3n) is 2.84. The van der Waals surface area contributed by atoms with Gasteiger partial charge in [-0.25, -0.2) is 4.98 Å². The van der Waals surface area contributed by atoms with Crippen molar-refractivity contribution < 1.29 is 5.11 Å². The van der Waals surface area contributed by atoms with E-state index in [-0.39, 0.29) is 11.5 Å². The lowest BCUT2D eigenvalue weighted by Crippen LogP contribution is -2.30. The van der Waals surface area contributed by atoms with E-state index in [2.05, 4.69) is 49.5 Å². The van der Waals surface area contributed by atoms with Crippen LogP contribution >= 0.6 is 0 Å². The lowest BCUT2D eigenvalue weighted by atomic mass is 9.89. The smallest absolute Gasteiger partial charge is 0.0951 e. The maximum Gasteiger partial charge on any atom is 0.0951 e. The Bertz CT molecular complexity index is 352. The molecule has 0 radical (unpaired) electrons. The second-order valence-corrected chi connectivity index (χ2v) is 6.44. The number of aliphatic hydroxyl groups is 1. The number of aliphatic hydroxyl groups excluding tert-OH is 1. The largest absolute Gasteiger partial charge is 0.392 e. The van der Waals surface area contributed by atoms with Gasteiger partial charge in [-0.1, -0.05) is 20.8 Å². The zero-order valence-electron chi connectivity index (χ0n) is 12.3. The van der Waals surface area contributed by atoms with Crippen LogP contribution in [0.15, 0.2) is 12.5 Å². The molecular formula is C14H27N3O. The molecule has 0 amide bonds. The maximum atomic E-state index is 9.91. The van der Waals surface area contributed by atoms with Gasteiger partial charge in [-0.05, 0) is 25.7 Å². The molecule has 1 unspecified atom stereocenters. The molecule has 1 atom stereocenters. The Labute approximate surface area is 110 Å². The SMILES string of the molecule is CC(C)n1cncc1CNCC(O)CC(C)(C)C. The molecule has 1 heterocycles. The number of nitrogens with one attached hydrogen (secondary N) is 1. The van der Waals surface area contributed by atoms with Crippen LogP contribution in [0.5, 0.6) is 0 Å². The topological polar surface area (TPSA) is 50.1 Å². The van der Waals surface area contributed by atoms with Crippen LogP contribution in [-0.4, -0.2) is 27.3 Å². The van der Waals surface area contributed by atoms with Gasteiger partial charge in [0.25, 0.3) is 0 Å². The molecule has 0 aliphatic heterocycles. The Hall–Kier alpha value is -0.870. The summed E-state index contributed by atoms with van der Waals surface area (Å²) in [6.07, 6.45) is 4.25. The molecule has 1 rings (SSSR count). The summed E-state index contributed by atoms with van der Waals surface area (Å²) in [5.74, 6) is 0. The Balaban J connectivity index is 2.35. The molecule has 1 aromatic rings. The van der Waals surface area contributed by atoms with Gasteiger partial charge in [0.1, 0.15) is 0 Å². The van der Waals surface area contributed by atoms with E-state index in [4.69, 9.17) is 0 Å². The summed E-state index contributed by atoms with van der Waals surface area (Å²) in [6, 6.07) is 0.420. The number of imidazole rings is 1. The highest BCUT2D eigenvalue weighted by atomic mass is 16.3. The fourth-order valence-corrected chi connectivity index (χ4v) is 2.08. The van der Waals surface area contributed by atoms with E-state index in [9.17, 15) is 5.11 Å². The Morgan fingerprint density at radius 1 is 1.39 bits per heavy atom. The van der Waals surface area contributed by atoms with E-state index in [1.807, 2.05) is 12.5 Å². The van der Waals surface area contributed by atoms with Crippen molar-refractivity contribution in [3.63, 3.8) is 0 Å². The molecule has 0 aliphatic carbocycles. The molecule has 0 saturated carbocycles. The third-order valence-corrected chi connectivity index (χ3v) is 2.84. The monoisotopic (exact) mass is 253 g/mol. The minimum atomic E-state index is -0.291. The number of nitrogens with zero attached hydrogens (tertiary/aromatic N) is 2. The van der Waals surface area contributed by atoms with Crippen LogP contribution in [0.2, 0.25) is 0 Å². The molecule has 18 heavy (non-hydrogen) atoms. The first kappa shape index (κ1) is 15.2. The molecule has 4 nitrogen and oxygen atoms in total. The van der Waals surface area contributed by atoms with Crippen molar-refractivity contribution in [2.75, 3.05) is 6.54 Å². The summed E-state index contributed by atoms with van der Waals surface area (Å²) in [7, 11) is 0. The molecule has 0 saturated heterocycles. The highest BCUT2D eigenvalue weighted by Crippen LogP contribution is 2.20. The highest BCUT2D eigenvalue weighted by Gasteiger charge is 2.16. The summed E-state index contributed by atoms with van der Waals surface area (Å²) < 4.78 is 2.14. The van der Waals surface area contributed by atoms with Crippen LogP contribution in [-0.2, 0) is 6.54 Å². The summed E-state index contributed by atoms with van der Waals surface area (Å²) in [5, 5.41) is 13.2. The quantitative estimate of drug-likeness (QED) is 0.818. The minimum absolute atomic E-state index is 0.167. The van der Waals surface area contributed by atoms with Gasteiger partial charge >= 0.3 is 0 Å². The van der Waals surface area contributed by atoms with E-state index < -0.39 is 0 Å². The standard InChI is InChI=1S/C14H27N3O/c1-11(2)17-10-16-8-12(17)7-15-9-13(18)6-14(3,4)5/h8,10-11,13,15,18H,6-7,9H2,1-5H3. The van der Waals surface area contributed by atoms with Crippen molar-refractivity contribution in [2.45, 2.75) is 59.7 Å². The van der Waals surface area contributed by atoms with Gasteiger partial charge in [0.15, 0.2) is 0 Å². The molecular weight excluding hydrogens is 226 g/mol. The van der Waals surface area contributed by atoms with E-state index in [1.165, 1.54) is 0 Å². The fourth-order valence-electron chi connectivity index (χ4n) is 2.08. The van der Waals surface area contributed by atoms with Gasteiger partial charge in [0.05, 0.1) is 18.1 Å². The van der Waals surface area contributed by atoms with Crippen LogP contribution in [0.1, 0.15) is 52.8 Å². The minimum Gasteiger partial charge on any atom is -0.392 e. The zero-order chi connectivity index (χ0) is 13.8. The first-order chi connectivity index (χ1) is 8.29. The fraction of sp³-hybridized carbons (Fsp3) is 0.786. The molecule has 0 bridgehead atoms. The van der Waals surface area contributed by atoms with Gasteiger partial charge in [-0.3, -0.25) is 0 Å². The molecule has 104 valence electrons. The van der Waals surface area contributed by atoms with E-state index in [1.54, 1.807) is 0 Å².